The maximum atomic E-state index is 12.6. The fourth-order valence-electron chi connectivity index (χ4n) is 3.90. The average molecular weight is 488 g/mol. The van der Waals surface area contributed by atoms with Crippen molar-refractivity contribution in [2.75, 3.05) is 25.2 Å². The molecular weight excluding hydrogens is 458 g/mol. The van der Waals surface area contributed by atoms with E-state index in [0.29, 0.717) is 31.3 Å². The van der Waals surface area contributed by atoms with Gasteiger partial charge in [-0.3, -0.25) is 9.59 Å². The van der Waals surface area contributed by atoms with Gasteiger partial charge in [0.2, 0.25) is 11.8 Å². The first-order chi connectivity index (χ1) is 17.6. The van der Waals surface area contributed by atoms with E-state index in [9.17, 15) is 9.59 Å². The van der Waals surface area contributed by atoms with Crippen molar-refractivity contribution in [3.05, 3.63) is 83.9 Å². The van der Waals surface area contributed by atoms with E-state index < -0.39 is 5.92 Å². The third-order valence-corrected chi connectivity index (χ3v) is 5.77. The molecule has 1 heterocycles. The van der Waals surface area contributed by atoms with Crippen molar-refractivity contribution in [3.63, 3.8) is 0 Å². The number of carbonyl (C=O) groups excluding carboxylic acids is 2. The molecule has 1 fully saturated rings. The van der Waals surface area contributed by atoms with Crippen molar-refractivity contribution in [1.82, 2.24) is 5.43 Å². The molecule has 1 atom stereocenters. The molecule has 0 aromatic heterocycles. The second-order valence-corrected chi connectivity index (χ2v) is 8.25. The van der Waals surface area contributed by atoms with Crippen LogP contribution in [-0.2, 0) is 16.2 Å². The Morgan fingerprint density at radius 2 is 1.83 bits per heavy atom. The molecule has 1 saturated heterocycles. The molecule has 3 aromatic carbocycles. The van der Waals surface area contributed by atoms with E-state index >= 15 is 0 Å². The maximum Gasteiger partial charge on any atom is 0.245 e. The van der Waals surface area contributed by atoms with E-state index in [-0.39, 0.29) is 18.2 Å². The normalized spacial score (nSPS) is 15.2. The Balaban J connectivity index is 1.32. The molecule has 8 nitrogen and oxygen atoms in total. The Morgan fingerprint density at radius 1 is 1.06 bits per heavy atom. The van der Waals surface area contributed by atoms with Crippen LogP contribution in [0.1, 0.15) is 24.5 Å². The molecule has 3 aromatic rings. The van der Waals surface area contributed by atoms with Gasteiger partial charge in [-0.15, -0.1) is 0 Å². The lowest BCUT2D eigenvalue weighted by molar-refractivity contribution is -0.126. The summed E-state index contributed by atoms with van der Waals surface area (Å²) in [6, 6.07) is 22.5. The molecule has 0 aliphatic carbocycles. The minimum atomic E-state index is -0.482. The summed E-state index contributed by atoms with van der Waals surface area (Å²) in [4.78, 5) is 26.7. The standard InChI is InChI=1S/C28H29N3O5/c1-3-35-24-12-10-23(11-13-24)31-18-22(16-27(31)32)28(33)30-29-17-21-9-14-25(26(15-21)34-2)36-19-20-7-5-4-6-8-20/h4-15,17,22H,3,16,18-19H2,1-2H3,(H,30,33)/b29-17-/t22-/m0/s1. The van der Waals surface area contributed by atoms with Gasteiger partial charge in [0.05, 0.1) is 25.8 Å². The Hall–Kier alpha value is -4.33. The number of nitrogens with zero attached hydrogens (tertiary/aromatic N) is 2. The molecule has 0 radical (unpaired) electrons. The van der Waals surface area contributed by atoms with Gasteiger partial charge in [0.15, 0.2) is 11.5 Å². The van der Waals surface area contributed by atoms with Gasteiger partial charge >= 0.3 is 0 Å². The van der Waals surface area contributed by atoms with Gasteiger partial charge in [-0.1, -0.05) is 30.3 Å². The summed E-state index contributed by atoms with van der Waals surface area (Å²) >= 11 is 0. The van der Waals surface area contributed by atoms with Crippen LogP contribution in [-0.4, -0.2) is 38.3 Å². The summed E-state index contributed by atoms with van der Waals surface area (Å²) < 4.78 is 16.8. The van der Waals surface area contributed by atoms with Gasteiger partial charge in [0.1, 0.15) is 12.4 Å². The highest BCUT2D eigenvalue weighted by Gasteiger charge is 2.35. The number of anilines is 1. The monoisotopic (exact) mass is 487 g/mol. The number of hydrogen-bond donors (Lipinski definition) is 1. The molecule has 1 aliphatic rings. The summed E-state index contributed by atoms with van der Waals surface area (Å²) in [6.45, 7) is 3.21. The summed E-state index contributed by atoms with van der Waals surface area (Å²) in [5, 5.41) is 4.07. The quantitative estimate of drug-likeness (QED) is 0.342. The van der Waals surface area contributed by atoms with Crippen molar-refractivity contribution in [2.45, 2.75) is 20.0 Å². The number of hydrazone groups is 1. The topological polar surface area (TPSA) is 89.5 Å². The summed E-state index contributed by atoms with van der Waals surface area (Å²) in [6.07, 6.45) is 1.66. The highest BCUT2D eigenvalue weighted by atomic mass is 16.5. The lowest BCUT2D eigenvalue weighted by Crippen LogP contribution is -2.30. The van der Waals surface area contributed by atoms with Gasteiger partial charge in [-0.05, 0) is 60.5 Å². The number of carbonyl (C=O) groups is 2. The zero-order valence-electron chi connectivity index (χ0n) is 20.3. The second kappa shape index (κ2) is 11.9. The lowest BCUT2D eigenvalue weighted by atomic mass is 10.1. The summed E-state index contributed by atoms with van der Waals surface area (Å²) in [5.74, 6) is 1.03. The van der Waals surface area contributed by atoms with Crippen LogP contribution in [0.15, 0.2) is 77.9 Å². The smallest absolute Gasteiger partial charge is 0.245 e. The van der Waals surface area contributed by atoms with E-state index in [4.69, 9.17) is 14.2 Å². The molecular formula is C28H29N3O5. The molecule has 8 heteroatoms. The van der Waals surface area contributed by atoms with Crippen LogP contribution in [0.2, 0.25) is 0 Å². The summed E-state index contributed by atoms with van der Waals surface area (Å²) in [7, 11) is 1.57. The van der Waals surface area contributed by atoms with E-state index in [1.165, 1.54) is 6.21 Å². The maximum absolute atomic E-state index is 12.6. The predicted molar refractivity (Wildman–Crippen MR) is 138 cm³/mol. The molecule has 2 amide bonds. The molecule has 1 aliphatic heterocycles. The SMILES string of the molecule is CCOc1ccc(N2C[C@@H](C(=O)N/N=C\c3ccc(OCc4ccccc4)c(OC)c3)CC2=O)cc1. The molecule has 0 spiro atoms. The number of ether oxygens (including phenoxy) is 3. The average Bonchev–Trinajstić information content (AvgIpc) is 3.30. The van der Waals surface area contributed by atoms with Crippen LogP contribution in [0.3, 0.4) is 0 Å². The van der Waals surface area contributed by atoms with E-state index in [2.05, 4.69) is 10.5 Å². The first-order valence-electron chi connectivity index (χ1n) is 11.8. The van der Waals surface area contributed by atoms with Crippen molar-refractivity contribution >= 4 is 23.7 Å². The zero-order valence-corrected chi connectivity index (χ0v) is 20.3. The third-order valence-electron chi connectivity index (χ3n) is 5.77. The first kappa shape index (κ1) is 24.8. The molecule has 36 heavy (non-hydrogen) atoms. The fourth-order valence-corrected chi connectivity index (χ4v) is 3.90. The highest BCUT2D eigenvalue weighted by molar-refractivity contribution is 6.00. The largest absolute Gasteiger partial charge is 0.494 e. The van der Waals surface area contributed by atoms with Crippen LogP contribution in [0, 0.1) is 5.92 Å². The number of nitrogens with one attached hydrogen (secondary N) is 1. The second-order valence-electron chi connectivity index (χ2n) is 8.25. The van der Waals surface area contributed by atoms with Gasteiger partial charge in [-0.2, -0.15) is 5.10 Å². The molecule has 4 rings (SSSR count). The minimum absolute atomic E-state index is 0.0980. The Labute approximate surface area is 210 Å². The van der Waals surface area contributed by atoms with Gasteiger partial charge in [0, 0.05) is 18.7 Å². The minimum Gasteiger partial charge on any atom is -0.494 e. The number of hydrogen-bond acceptors (Lipinski definition) is 6. The number of benzene rings is 3. The molecule has 0 saturated carbocycles. The summed E-state index contributed by atoms with van der Waals surface area (Å²) in [5.41, 5.74) is 5.08. The van der Waals surface area contributed by atoms with Crippen molar-refractivity contribution in [2.24, 2.45) is 11.0 Å². The van der Waals surface area contributed by atoms with Crippen molar-refractivity contribution in [3.8, 4) is 17.2 Å². The third kappa shape index (κ3) is 6.21. The molecule has 0 bridgehead atoms. The van der Waals surface area contributed by atoms with Crippen LogP contribution >= 0.6 is 0 Å². The fraction of sp³-hybridized carbons (Fsp3) is 0.250. The van der Waals surface area contributed by atoms with E-state index in [1.807, 2.05) is 67.6 Å². The van der Waals surface area contributed by atoms with Crippen LogP contribution in [0.5, 0.6) is 17.2 Å². The Kier molecular flexibility index (Phi) is 8.18. The van der Waals surface area contributed by atoms with Crippen molar-refractivity contribution < 1.29 is 23.8 Å². The van der Waals surface area contributed by atoms with Crippen LogP contribution in [0.25, 0.3) is 0 Å². The number of amides is 2. The Bertz CT molecular complexity index is 1210. The first-order valence-corrected chi connectivity index (χ1v) is 11.8. The van der Waals surface area contributed by atoms with Gasteiger partial charge in [-0.25, -0.2) is 5.43 Å². The highest BCUT2D eigenvalue weighted by Crippen LogP contribution is 2.29. The van der Waals surface area contributed by atoms with E-state index in [0.717, 1.165) is 22.6 Å². The van der Waals surface area contributed by atoms with Gasteiger partial charge in [0.25, 0.3) is 0 Å². The number of rotatable bonds is 10. The van der Waals surface area contributed by atoms with Crippen LogP contribution in [0.4, 0.5) is 5.69 Å². The predicted octanol–water partition coefficient (Wildman–Crippen LogP) is 4.18. The van der Waals surface area contributed by atoms with Crippen molar-refractivity contribution in [1.29, 1.82) is 0 Å². The zero-order chi connectivity index (χ0) is 25.3. The molecule has 1 N–H and O–H groups in total. The van der Waals surface area contributed by atoms with Crippen LogP contribution < -0.4 is 24.5 Å². The van der Waals surface area contributed by atoms with Gasteiger partial charge < -0.3 is 19.1 Å². The van der Waals surface area contributed by atoms with E-state index in [1.54, 1.807) is 24.1 Å². The molecule has 0 unspecified atom stereocenters. The Morgan fingerprint density at radius 3 is 2.56 bits per heavy atom. The molecule has 186 valence electrons. The number of methoxy groups -OCH3 is 1. The lowest BCUT2D eigenvalue weighted by Gasteiger charge is -2.17.